The third-order valence-electron chi connectivity index (χ3n) is 11.8. The van der Waals surface area contributed by atoms with Gasteiger partial charge in [-0.15, -0.1) is 11.3 Å². The van der Waals surface area contributed by atoms with Crippen molar-refractivity contribution < 1.29 is 0 Å². The van der Waals surface area contributed by atoms with Gasteiger partial charge in [0, 0.05) is 58.8 Å². The Bertz CT molecular complexity index is 3510. The van der Waals surface area contributed by atoms with E-state index < -0.39 is 0 Å². The molecule has 3 heteroatoms. The first kappa shape index (κ1) is 32.1. The summed E-state index contributed by atoms with van der Waals surface area (Å²) in [6, 6.07) is 75.6. The molecule has 0 fully saturated rings. The summed E-state index contributed by atoms with van der Waals surface area (Å²) in [4.78, 5) is 2.41. The van der Waals surface area contributed by atoms with Gasteiger partial charge in [-0.05, 0) is 93.3 Å². The Morgan fingerprint density at radius 3 is 1.72 bits per heavy atom. The minimum absolute atomic E-state index is 1.12. The van der Waals surface area contributed by atoms with Crippen molar-refractivity contribution in [1.29, 1.82) is 0 Å². The van der Waals surface area contributed by atoms with E-state index >= 15 is 0 Å². The van der Waals surface area contributed by atoms with Gasteiger partial charge in [0.2, 0.25) is 0 Å². The molecule has 0 N–H and O–H groups in total. The lowest BCUT2D eigenvalue weighted by Gasteiger charge is -2.27. The molecule has 266 valence electrons. The van der Waals surface area contributed by atoms with Gasteiger partial charge in [-0.3, -0.25) is 0 Å². The molecular weight excluding hydrogens is 709 g/mol. The van der Waals surface area contributed by atoms with E-state index in [0.29, 0.717) is 0 Å². The maximum Gasteiger partial charge on any atom is 0.0625 e. The number of anilines is 3. The van der Waals surface area contributed by atoms with Gasteiger partial charge in [-0.2, -0.15) is 0 Å². The lowest BCUT2D eigenvalue weighted by Crippen LogP contribution is -2.10. The van der Waals surface area contributed by atoms with E-state index in [2.05, 4.69) is 216 Å². The molecule has 0 atom stereocenters. The largest absolute Gasteiger partial charge is 0.310 e. The number of thiophene rings is 1. The third-order valence-corrected chi connectivity index (χ3v) is 12.9. The van der Waals surface area contributed by atoms with Gasteiger partial charge >= 0.3 is 0 Å². The van der Waals surface area contributed by atoms with Crippen LogP contribution >= 0.6 is 11.3 Å². The highest BCUT2D eigenvalue weighted by Crippen LogP contribution is 2.45. The summed E-state index contributed by atoms with van der Waals surface area (Å²) >= 11 is 1.86. The van der Waals surface area contributed by atoms with Crippen molar-refractivity contribution in [2.75, 3.05) is 4.90 Å². The van der Waals surface area contributed by atoms with Crippen LogP contribution in [0.25, 0.3) is 91.1 Å². The van der Waals surface area contributed by atoms with Crippen LogP contribution in [0.3, 0.4) is 0 Å². The van der Waals surface area contributed by atoms with E-state index in [4.69, 9.17) is 0 Å². The Labute approximate surface area is 333 Å². The SMILES string of the molecule is c1ccc2c(N(c3ccc(-c4ccc(-n5c6ccccc6c6c7ccccc7c7ccccc7c65)cc4)cc3)c3ccc4sc5ccccc5c4c3)cccc2c1. The number of hydrogen-bond acceptors (Lipinski definition) is 2. The van der Waals surface area contributed by atoms with E-state index in [0.717, 1.165) is 22.7 Å². The summed E-state index contributed by atoms with van der Waals surface area (Å²) in [7, 11) is 0. The molecule has 0 saturated heterocycles. The van der Waals surface area contributed by atoms with Crippen LogP contribution in [0.1, 0.15) is 0 Å². The molecule has 0 amide bonds. The minimum atomic E-state index is 1.12. The molecule has 0 bridgehead atoms. The number of nitrogens with zero attached hydrogens (tertiary/aromatic N) is 2. The van der Waals surface area contributed by atoms with Gasteiger partial charge in [-0.1, -0.05) is 146 Å². The fourth-order valence-corrected chi connectivity index (χ4v) is 10.3. The Hall–Kier alpha value is -7.20. The average molecular weight is 743 g/mol. The monoisotopic (exact) mass is 742 g/mol. The van der Waals surface area contributed by atoms with Crippen molar-refractivity contribution in [3.63, 3.8) is 0 Å². The topological polar surface area (TPSA) is 8.17 Å². The lowest BCUT2D eigenvalue weighted by atomic mass is 9.97. The summed E-state index contributed by atoms with van der Waals surface area (Å²) in [5.41, 5.74) is 9.42. The number of para-hydroxylation sites is 1. The fraction of sp³-hybridized carbons (Fsp3) is 0. The van der Waals surface area contributed by atoms with Crippen LogP contribution in [-0.4, -0.2) is 4.57 Å². The third kappa shape index (κ3) is 4.96. The molecule has 2 aromatic heterocycles. The Kier molecular flexibility index (Phi) is 7.13. The average Bonchev–Trinajstić information content (AvgIpc) is 3.83. The Morgan fingerprint density at radius 2 is 0.930 bits per heavy atom. The molecule has 0 radical (unpaired) electrons. The van der Waals surface area contributed by atoms with Crippen molar-refractivity contribution in [2.45, 2.75) is 0 Å². The molecule has 2 heterocycles. The summed E-state index contributed by atoms with van der Waals surface area (Å²) in [6.45, 7) is 0. The molecule has 57 heavy (non-hydrogen) atoms. The van der Waals surface area contributed by atoms with Crippen molar-refractivity contribution in [2.24, 2.45) is 0 Å². The van der Waals surface area contributed by atoms with E-state index in [1.54, 1.807) is 0 Å². The van der Waals surface area contributed by atoms with Gasteiger partial charge in [0.15, 0.2) is 0 Å². The van der Waals surface area contributed by atoms with Gasteiger partial charge in [0.25, 0.3) is 0 Å². The molecule has 0 aliphatic rings. The Balaban J connectivity index is 0.978. The summed E-state index contributed by atoms with van der Waals surface area (Å²) in [5.74, 6) is 0. The van der Waals surface area contributed by atoms with E-state index in [9.17, 15) is 0 Å². The number of benzene rings is 10. The highest BCUT2D eigenvalue weighted by atomic mass is 32.1. The maximum atomic E-state index is 2.46. The smallest absolute Gasteiger partial charge is 0.0625 e. The predicted molar refractivity (Wildman–Crippen MR) is 246 cm³/mol. The summed E-state index contributed by atoms with van der Waals surface area (Å²) in [6.07, 6.45) is 0. The molecule has 0 unspecified atom stereocenters. The van der Waals surface area contributed by atoms with Crippen LogP contribution in [-0.2, 0) is 0 Å². The van der Waals surface area contributed by atoms with Crippen LogP contribution in [0.5, 0.6) is 0 Å². The normalized spacial score (nSPS) is 11.9. The van der Waals surface area contributed by atoms with E-state index in [-0.39, 0.29) is 0 Å². The second-order valence-electron chi connectivity index (χ2n) is 14.9. The predicted octanol–water partition coefficient (Wildman–Crippen LogP) is 15.7. The first-order chi connectivity index (χ1) is 28.3. The number of aromatic nitrogens is 1. The molecular formula is C54H34N2S. The molecule has 2 nitrogen and oxygen atoms in total. The molecule has 0 spiro atoms. The quantitative estimate of drug-likeness (QED) is 0.159. The number of fused-ring (bicyclic) bond motifs is 12. The lowest BCUT2D eigenvalue weighted by molar-refractivity contribution is 1.19. The maximum absolute atomic E-state index is 2.46. The van der Waals surface area contributed by atoms with Crippen molar-refractivity contribution >= 4 is 103 Å². The summed E-state index contributed by atoms with van der Waals surface area (Å²) in [5, 5.41) is 12.8. The first-order valence-corrected chi connectivity index (χ1v) is 20.3. The number of rotatable bonds is 5. The van der Waals surface area contributed by atoms with Gasteiger partial charge in [0.1, 0.15) is 0 Å². The van der Waals surface area contributed by atoms with Crippen LogP contribution in [0.4, 0.5) is 17.1 Å². The van der Waals surface area contributed by atoms with Crippen LogP contribution in [0.15, 0.2) is 206 Å². The molecule has 10 aromatic carbocycles. The van der Waals surface area contributed by atoms with Gasteiger partial charge in [-0.25, -0.2) is 0 Å². The second-order valence-corrected chi connectivity index (χ2v) is 16.0. The van der Waals surface area contributed by atoms with E-state index in [1.807, 2.05) is 11.3 Å². The van der Waals surface area contributed by atoms with Gasteiger partial charge < -0.3 is 9.47 Å². The van der Waals surface area contributed by atoms with Gasteiger partial charge in [0.05, 0.1) is 16.7 Å². The zero-order chi connectivity index (χ0) is 37.5. The first-order valence-electron chi connectivity index (χ1n) is 19.5. The van der Waals surface area contributed by atoms with Crippen LogP contribution < -0.4 is 4.90 Å². The minimum Gasteiger partial charge on any atom is -0.310 e. The molecule has 0 aliphatic carbocycles. The molecule has 12 aromatic rings. The number of hydrogen-bond donors (Lipinski definition) is 0. The second kappa shape index (κ2) is 12.7. The molecule has 0 saturated carbocycles. The van der Waals surface area contributed by atoms with E-state index in [1.165, 1.54) is 85.4 Å². The highest BCUT2D eigenvalue weighted by molar-refractivity contribution is 7.25. The standard InChI is InChI=1S/C54H34N2S/c1-2-14-41-37(12-1)13-11-22-49(41)55(40-32-33-52-48(34-40)44-17-8-10-23-51(44)57-52)38-28-24-35(25-29-38)36-26-30-39(31-27-36)56-50-21-9-7-20-47(50)53-45-18-5-3-15-42(45)43-16-4-6-19-46(43)54(53)56/h1-34H. The fourth-order valence-electron chi connectivity index (χ4n) is 9.19. The molecule has 0 aliphatic heterocycles. The van der Waals surface area contributed by atoms with Crippen LogP contribution in [0, 0.1) is 0 Å². The highest BCUT2D eigenvalue weighted by Gasteiger charge is 2.20. The van der Waals surface area contributed by atoms with Crippen molar-refractivity contribution in [3.8, 4) is 16.8 Å². The zero-order valence-electron chi connectivity index (χ0n) is 30.9. The van der Waals surface area contributed by atoms with Crippen molar-refractivity contribution in [3.05, 3.63) is 206 Å². The Morgan fingerprint density at radius 1 is 0.368 bits per heavy atom. The molecule has 12 rings (SSSR count). The zero-order valence-corrected chi connectivity index (χ0v) is 31.7. The van der Waals surface area contributed by atoms with Crippen LogP contribution in [0.2, 0.25) is 0 Å². The summed E-state index contributed by atoms with van der Waals surface area (Å²) < 4.78 is 5.08. The van der Waals surface area contributed by atoms with Crippen molar-refractivity contribution in [1.82, 2.24) is 4.57 Å².